The highest BCUT2D eigenvalue weighted by atomic mass is 35.5. The highest BCUT2D eigenvalue weighted by Crippen LogP contribution is 2.15. The summed E-state index contributed by atoms with van der Waals surface area (Å²) in [6.07, 6.45) is 1.57. The highest BCUT2D eigenvalue weighted by Gasteiger charge is 2.19. The molecule has 1 N–H and O–H groups in total. The van der Waals surface area contributed by atoms with Gasteiger partial charge in [0.25, 0.3) is 0 Å². The number of piperazine rings is 1. The average Bonchev–Trinajstić information content (AvgIpc) is 3.19. The van der Waals surface area contributed by atoms with E-state index in [1.807, 2.05) is 30.3 Å². The Morgan fingerprint density at radius 1 is 1.23 bits per heavy atom. The molecule has 1 aromatic heterocycles. The van der Waals surface area contributed by atoms with Gasteiger partial charge in [-0.25, -0.2) is 0 Å². The van der Waals surface area contributed by atoms with Crippen LogP contribution in [0.1, 0.15) is 5.69 Å². The van der Waals surface area contributed by atoms with Crippen molar-refractivity contribution in [1.82, 2.24) is 20.3 Å². The Morgan fingerprint density at radius 3 is 2.65 bits per heavy atom. The summed E-state index contributed by atoms with van der Waals surface area (Å²) >= 11 is 5.88. The van der Waals surface area contributed by atoms with E-state index in [-0.39, 0.29) is 0 Å². The first-order chi connectivity index (χ1) is 12.7. The summed E-state index contributed by atoms with van der Waals surface area (Å²) in [5, 5.41) is 7.95. The summed E-state index contributed by atoms with van der Waals surface area (Å²) in [6, 6.07) is 9.31. The van der Waals surface area contributed by atoms with Gasteiger partial charge in [0, 0.05) is 50.9 Å². The first-order valence-electron chi connectivity index (χ1n) is 8.70. The first kappa shape index (κ1) is 18.5. The largest absolute Gasteiger partial charge is 0.492 e. The van der Waals surface area contributed by atoms with Crippen molar-refractivity contribution in [2.24, 2.45) is 4.99 Å². The lowest BCUT2D eigenvalue weighted by molar-refractivity contribution is 0.152. The minimum absolute atomic E-state index is 0.609. The van der Waals surface area contributed by atoms with E-state index in [9.17, 15) is 0 Å². The topological polar surface area (TPSA) is 66.1 Å². The molecule has 0 spiro atoms. The zero-order chi connectivity index (χ0) is 18.2. The van der Waals surface area contributed by atoms with Crippen molar-refractivity contribution in [1.29, 1.82) is 0 Å². The monoisotopic (exact) mass is 377 g/mol. The molecular weight excluding hydrogens is 354 g/mol. The van der Waals surface area contributed by atoms with Crippen LogP contribution < -0.4 is 10.1 Å². The van der Waals surface area contributed by atoms with Crippen LogP contribution >= 0.6 is 11.6 Å². The normalized spacial score (nSPS) is 15.9. The Bertz CT molecular complexity index is 682. The molecule has 7 nitrogen and oxygen atoms in total. The quantitative estimate of drug-likeness (QED) is 0.614. The average molecular weight is 378 g/mol. The molecular formula is C18H24ClN5O2. The van der Waals surface area contributed by atoms with Crippen LogP contribution in [-0.4, -0.2) is 67.3 Å². The summed E-state index contributed by atoms with van der Waals surface area (Å²) in [7, 11) is 1.80. The van der Waals surface area contributed by atoms with Crippen LogP contribution in [0.25, 0.3) is 0 Å². The molecule has 0 bridgehead atoms. The lowest BCUT2D eigenvalue weighted by Gasteiger charge is -2.36. The number of nitrogens with one attached hydrogen (secondary N) is 1. The lowest BCUT2D eigenvalue weighted by Crippen LogP contribution is -2.52. The van der Waals surface area contributed by atoms with Gasteiger partial charge in [0.15, 0.2) is 5.96 Å². The Balaban J connectivity index is 1.37. The van der Waals surface area contributed by atoms with E-state index in [1.54, 1.807) is 13.3 Å². The van der Waals surface area contributed by atoms with E-state index in [0.29, 0.717) is 13.2 Å². The summed E-state index contributed by atoms with van der Waals surface area (Å²) in [4.78, 5) is 9.02. The van der Waals surface area contributed by atoms with E-state index in [0.717, 1.165) is 55.1 Å². The molecule has 0 saturated carbocycles. The van der Waals surface area contributed by atoms with Crippen LogP contribution in [0.2, 0.25) is 5.02 Å². The van der Waals surface area contributed by atoms with Gasteiger partial charge in [0.05, 0.1) is 6.54 Å². The zero-order valence-electron chi connectivity index (χ0n) is 14.9. The van der Waals surface area contributed by atoms with Gasteiger partial charge in [-0.1, -0.05) is 16.8 Å². The van der Waals surface area contributed by atoms with Crippen LogP contribution in [0.15, 0.2) is 46.1 Å². The number of aromatic nitrogens is 1. The van der Waals surface area contributed by atoms with Crippen molar-refractivity contribution in [3.05, 3.63) is 47.3 Å². The lowest BCUT2D eigenvalue weighted by atomic mass is 10.3. The summed E-state index contributed by atoms with van der Waals surface area (Å²) in [6.45, 7) is 6.00. The predicted octanol–water partition coefficient (Wildman–Crippen LogP) is 2.10. The number of hydrogen-bond donors (Lipinski definition) is 1. The Morgan fingerprint density at radius 2 is 2.00 bits per heavy atom. The molecule has 0 amide bonds. The van der Waals surface area contributed by atoms with Gasteiger partial charge in [-0.05, 0) is 24.3 Å². The van der Waals surface area contributed by atoms with Gasteiger partial charge in [-0.3, -0.25) is 9.89 Å². The van der Waals surface area contributed by atoms with Crippen molar-refractivity contribution >= 4 is 17.6 Å². The fourth-order valence-electron chi connectivity index (χ4n) is 2.84. The molecule has 0 aliphatic carbocycles. The summed E-state index contributed by atoms with van der Waals surface area (Å²) in [5.74, 6) is 1.75. The molecule has 2 aromatic rings. The van der Waals surface area contributed by atoms with Gasteiger partial charge >= 0.3 is 0 Å². The maximum Gasteiger partial charge on any atom is 0.194 e. The predicted molar refractivity (Wildman–Crippen MR) is 102 cm³/mol. The molecule has 1 aromatic carbocycles. The minimum Gasteiger partial charge on any atom is -0.492 e. The minimum atomic E-state index is 0.609. The molecule has 2 heterocycles. The molecule has 3 rings (SSSR count). The fourth-order valence-corrected chi connectivity index (χ4v) is 2.96. The van der Waals surface area contributed by atoms with E-state index < -0.39 is 0 Å². The number of guanidine groups is 1. The van der Waals surface area contributed by atoms with Crippen LogP contribution in [0.4, 0.5) is 0 Å². The van der Waals surface area contributed by atoms with Gasteiger partial charge in [0.2, 0.25) is 0 Å². The second-order valence-electron chi connectivity index (χ2n) is 6.02. The second-order valence-corrected chi connectivity index (χ2v) is 6.46. The van der Waals surface area contributed by atoms with Gasteiger partial charge < -0.3 is 19.5 Å². The molecule has 140 valence electrons. The molecule has 0 unspecified atom stereocenters. The molecule has 1 fully saturated rings. The number of ether oxygens (including phenoxy) is 1. The first-order valence-corrected chi connectivity index (χ1v) is 9.08. The molecule has 8 heteroatoms. The van der Waals surface area contributed by atoms with Crippen LogP contribution in [-0.2, 0) is 6.54 Å². The van der Waals surface area contributed by atoms with E-state index >= 15 is 0 Å². The van der Waals surface area contributed by atoms with Gasteiger partial charge in [-0.15, -0.1) is 0 Å². The van der Waals surface area contributed by atoms with Crippen molar-refractivity contribution in [2.45, 2.75) is 6.54 Å². The van der Waals surface area contributed by atoms with Crippen LogP contribution in [0.5, 0.6) is 5.75 Å². The summed E-state index contributed by atoms with van der Waals surface area (Å²) < 4.78 is 10.6. The maximum atomic E-state index is 5.88. The van der Waals surface area contributed by atoms with E-state index in [2.05, 4.69) is 25.3 Å². The molecule has 1 aliphatic rings. The molecule has 1 saturated heterocycles. The third-order valence-electron chi connectivity index (χ3n) is 4.29. The standard InChI is InChI=1S/C18H24ClN5O2/c1-20-18(21-14-16-6-12-26-22-16)24-9-7-23(8-10-24)11-13-25-17-4-2-15(19)3-5-17/h2-6,12H,7-11,13-14H2,1H3,(H,20,21). The maximum absolute atomic E-state index is 5.88. The number of benzene rings is 1. The number of hydrogen-bond acceptors (Lipinski definition) is 5. The molecule has 1 aliphatic heterocycles. The Labute approximate surface area is 158 Å². The second kappa shape index (κ2) is 9.45. The van der Waals surface area contributed by atoms with Crippen LogP contribution in [0.3, 0.4) is 0 Å². The number of aliphatic imine (C=N–C) groups is 1. The molecule has 0 radical (unpaired) electrons. The van der Waals surface area contributed by atoms with Gasteiger partial charge in [-0.2, -0.15) is 0 Å². The fraction of sp³-hybridized carbons (Fsp3) is 0.444. The molecule has 26 heavy (non-hydrogen) atoms. The Hall–Kier alpha value is -2.25. The SMILES string of the molecule is CN=C(NCc1ccon1)N1CCN(CCOc2ccc(Cl)cc2)CC1. The van der Waals surface area contributed by atoms with Crippen molar-refractivity contribution < 1.29 is 9.26 Å². The van der Waals surface area contributed by atoms with Crippen molar-refractivity contribution in [3.8, 4) is 5.75 Å². The third kappa shape index (κ3) is 5.37. The number of nitrogens with zero attached hydrogens (tertiary/aromatic N) is 4. The smallest absolute Gasteiger partial charge is 0.194 e. The molecule has 0 atom stereocenters. The van der Waals surface area contributed by atoms with Gasteiger partial charge in [0.1, 0.15) is 24.3 Å². The third-order valence-corrected chi connectivity index (χ3v) is 4.54. The number of rotatable bonds is 6. The highest BCUT2D eigenvalue weighted by molar-refractivity contribution is 6.30. The number of halogens is 1. The van der Waals surface area contributed by atoms with Crippen molar-refractivity contribution in [2.75, 3.05) is 46.4 Å². The zero-order valence-corrected chi connectivity index (χ0v) is 15.7. The van der Waals surface area contributed by atoms with E-state index in [1.165, 1.54) is 0 Å². The summed E-state index contributed by atoms with van der Waals surface area (Å²) in [5.41, 5.74) is 0.865. The van der Waals surface area contributed by atoms with E-state index in [4.69, 9.17) is 20.9 Å². The Kier molecular flexibility index (Phi) is 6.74. The van der Waals surface area contributed by atoms with Crippen molar-refractivity contribution in [3.63, 3.8) is 0 Å². The van der Waals surface area contributed by atoms with Crippen LogP contribution in [0, 0.1) is 0 Å².